The molecular formula is C19H16N2O6S2. The van der Waals surface area contributed by atoms with Crippen molar-refractivity contribution < 1.29 is 29.0 Å². The molecule has 0 aliphatic carbocycles. The Morgan fingerprint density at radius 2 is 2.03 bits per heavy atom. The van der Waals surface area contributed by atoms with Crippen LogP contribution in [0.1, 0.15) is 16.1 Å². The molecule has 2 N–H and O–H groups in total. The van der Waals surface area contributed by atoms with Gasteiger partial charge in [-0.25, -0.2) is 0 Å². The highest BCUT2D eigenvalue weighted by atomic mass is 32.2. The maximum absolute atomic E-state index is 12.5. The van der Waals surface area contributed by atoms with Crippen LogP contribution in [0.25, 0.3) is 6.08 Å². The molecule has 0 atom stereocenters. The number of hydrogen-bond donors (Lipinski definition) is 2. The van der Waals surface area contributed by atoms with E-state index in [0.717, 1.165) is 17.8 Å². The van der Waals surface area contributed by atoms with Gasteiger partial charge in [-0.15, -0.1) is 0 Å². The van der Waals surface area contributed by atoms with E-state index in [2.05, 4.69) is 0 Å². The van der Waals surface area contributed by atoms with Crippen molar-refractivity contribution in [1.82, 2.24) is 9.80 Å². The summed E-state index contributed by atoms with van der Waals surface area (Å²) in [5.41, 5.74) is 0.145. The van der Waals surface area contributed by atoms with Gasteiger partial charge in [-0.1, -0.05) is 24.0 Å². The van der Waals surface area contributed by atoms with E-state index in [1.54, 1.807) is 18.2 Å². The van der Waals surface area contributed by atoms with Crippen molar-refractivity contribution in [3.8, 4) is 11.5 Å². The third-order valence-electron chi connectivity index (χ3n) is 4.09. The normalized spacial score (nSPS) is 15.2. The number of Topliss-reactive ketones (excluding diaryl/α,β-unsaturated/α-hetero) is 1. The highest BCUT2D eigenvalue weighted by Crippen LogP contribution is 2.32. The van der Waals surface area contributed by atoms with Crippen LogP contribution in [0.15, 0.2) is 45.9 Å². The molecule has 1 aromatic carbocycles. The highest BCUT2D eigenvalue weighted by Gasteiger charge is 2.34. The number of thioether (sulfide) groups is 1. The first-order valence-corrected chi connectivity index (χ1v) is 9.56. The van der Waals surface area contributed by atoms with Crippen molar-refractivity contribution in [2.45, 2.75) is 0 Å². The van der Waals surface area contributed by atoms with Crippen molar-refractivity contribution >= 4 is 52.0 Å². The summed E-state index contributed by atoms with van der Waals surface area (Å²) < 4.78 is 5.43. The van der Waals surface area contributed by atoms with Crippen LogP contribution < -0.4 is 0 Å². The van der Waals surface area contributed by atoms with Crippen LogP contribution in [0.5, 0.6) is 11.5 Å². The largest absolute Gasteiger partial charge is 0.504 e. The lowest BCUT2D eigenvalue weighted by molar-refractivity contribution is -0.134. The van der Waals surface area contributed by atoms with Gasteiger partial charge in [0, 0.05) is 18.7 Å². The number of benzene rings is 1. The van der Waals surface area contributed by atoms with Crippen LogP contribution in [-0.4, -0.2) is 62.1 Å². The summed E-state index contributed by atoms with van der Waals surface area (Å²) >= 11 is 6.26. The third kappa shape index (κ3) is 4.66. The lowest BCUT2D eigenvalue weighted by atomic mass is 10.1. The second-order valence-corrected chi connectivity index (χ2v) is 7.84. The lowest BCUT2D eigenvalue weighted by Crippen LogP contribution is -2.42. The molecule has 3 rings (SSSR count). The van der Waals surface area contributed by atoms with E-state index in [1.165, 1.54) is 35.2 Å². The number of aromatic hydroxyl groups is 2. The molecule has 1 aliphatic heterocycles. The Morgan fingerprint density at radius 1 is 1.28 bits per heavy atom. The maximum atomic E-state index is 12.5. The second-order valence-electron chi connectivity index (χ2n) is 6.16. The van der Waals surface area contributed by atoms with Crippen molar-refractivity contribution in [2.75, 3.05) is 20.1 Å². The van der Waals surface area contributed by atoms with E-state index >= 15 is 0 Å². The molecule has 2 heterocycles. The van der Waals surface area contributed by atoms with Crippen molar-refractivity contribution in [3.63, 3.8) is 0 Å². The molecular weight excluding hydrogens is 416 g/mol. The monoisotopic (exact) mass is 432 g/mol. The van der Waals surface area contributed by atoms with Crippen LogP contribution in [0.3, 0.4) is 0 Å². The number of carbonyl (C=O) groups excluding carboxylic acids is 3. The third-order valence-corrected chi connectivity index (χ3v) is 5.47. The van der Waals surface area contributed by atoms with Gasteiger partial charge in [0.15, 0.2) is 17.3 Å². The van der Waals surface area contributed by atoms with Gasteiger partial charge in [-0.3, -0.25) is 19.3 Å². The quantitative estimate of drug-likeness (QED) is 0.309. The molecule has 0 spiro atoms. The van der Waals surface area contributed by atoms with Gasteiger partial charge in [0.25, 0.3) is 5.91 Å². The molecule has 2 aromatic rings. The number of likely N-dealkylation sites (N-methyl/N-ethyl adjacent to an activating group) is 1. The zero-order valence-electron chi connectivity index (χ0n) is 15.2. The SMILES string of the molecule is CN(CC(=O)c1ccc(O)c(O)c1)C(=O)CN1C(=O)C(=Cc2ccco2)SC1=S. The molecule has 150 valence electrons. The fraction of sp³-hybridized carbons (Fsp3) is 0.158. The summed E-state index contributed by atoms with van der Waals surface area (Å²) in [6.45, 7) is -0.565. The Hall–Kier alpha value is -3.11. The van der Waals surface area contributed by atoms with Gasteiger partial charge in [-0.05, 0) is 30.3 Å². The van der Waals surface area contributed by atoms with E-state index < -0.39 is 23.3 Å². The topological polar surface area (TPSA) is 111 Å². The average Bonchev–Trinajstić information content (AvgIpc) is 3.28. The Morgan fingerprint density at radius 3 is 2.69 bits per heavy atom. The molecule has 0 radical (unpaired) electrons. The van der Waals surface area contributed by atoms with Gasteiger partial charge in [-0.2, -0.15) is 0 Å². The first kappa shape index (κ1) is 20.6. The number of nitrogens with zero attached hydrogens (tertiary/aromatic N) is 2. The first-order valence-electron chi connectivity index (χ1n) is 8.34. The van der Waals surface area contributed by atoms with Crippen LogP contribution in [0.4, 0.5) is 0 Å². The van der Waals surface area contributed by atoms with Crippen molar-refractivity contribution in [1.29, 1.82) is 0 Å². The molecule has 0 saturated carbocycles. The van der Waals surface area contributed by atoms with E-state index in [0.29, 0.717) is 10.7 Å². The Labute approximate surface area is 175 Å². The molecule has 29 heavy (non-hydrogen) atoms. The van der Waals surface area contributed by atoms with Gasteiger partial charge < -0.3 is 19.5 Å². The van der Waals surface area contributed by atoms with Gasteiger partial charge in [0.2, 0.25) is 5.91 Å². The maximum Gasteiger partial charge on any atom is 0.266 e. The number of rotatable bonds is 6. The molecule has 1 saturated heterocycles. The number of phenolic OH excluding ortho intramolecular Hbond substituents is 2. The van der Waals surface area contributed by atoms with Crippen LogP contribution in [-0.2, 0) is 9.59 Å². The lowest BCUT2D eigenvalue weighted by Gasteiger charge is -2.20. The molecule has 2 amide bonds. The Balaban J connectivity index is 1.63. The molecule has 10 heteroatoms. The van der Waals surface area contributed by atoms with Crippen molar-refractivity contribution in [3.05, 3.63) is 52.8 Å². The number of phenols is 2. The summed E-state index contributed by atoms with van der Waals surface area (Å²) in [6.07, 6.45) is 3.03. The minimum atomic E-state index is -0.475. The summed E-state index contributed by atoms with van der Waals surface area (Å²) in [5, 5.41) is 18.8. The number of furan rings is 1. The minimum absolute atomic E-state index is 0.145. The van der Waals surface area contributed by atoms with E-state index in [9.17, 15) is 24.6 Å². The average molecular weight is 432 g/mol. The number of hydrogen-bond acceptors (Lipinski definition) is 8. The van der Waals surface area contributed by atoms with E-state index in [-0.39, 0.29) is 28.7 Å². The number of ketones is 1. The van der Waals surface area contributed by atoms with Gasteiger partial charge in [0.05, 0.1) is 17.7 Å². The number of amides is 2. The Bertz CT molecular complexity index is 1020. The smallest absolute Gasteiger partial charge is 0.266 e. The van der Waals surface area contributed by atoms with Crippen LogP contribution >= 0.6 is 24.0 Å². The Kier molecular flexibility index (Phi) is 6.04. The summed E-state index contributed by atoms with van der Waals surface area (Å²) in [5.74, 6) is -1.59. The van der Waals surface area contributed by atoms with Gasteiger partial charge in [0.1, 0.15) is 16.6 Å². The van der Waals surface area contributed by atoms with Crippen LogP contribution in [0, 0.1) is 0 Å². The van der Waals surface area contributed by atoms with E-state index in [4.69, 9.17) is 16.6 Å². The highest BCUT2D eigenvalue weighted by molar-refractivity contribution is 8.26. The molecule has 8 nitrogen and oxygen atoms in total. The van der Waals surface area contributed by atoms with Crippen LogP contribution in [0.2, 0.25) is 0 Å². The number of thiocarbonyl (C=S) groups is 1. The summed E-state index contributed by atoms with van der Waals surface area (Å²) in [6, 6.07) is 7.04. The molecule has 1 fully saturated rings. The predicted octanol–water partition coefficient (Wildman–Crippen LogP) is 2.23. The molecule has 0 unspecified atom stereocenters. The molecule has 1 aromatic heterocycles. The fourth-order valence-electron chi connectivity index (χ4n) is 2.49. The molecule has 1 aliphatic rings. The van der Waals surface area contributed by atoms with Gasteiger partial charge >= 0.3 is 0 Å². The van der Waals surface area contributed by atoms with E-state index in [1.807, 2.05) is 0 Å². The first-order chi connectivity index (χ1) is 13.8. The zero-order chi connectivity index (χ0) is 21.1. The predicted molar refractivity (Wildman–Crippen MR) is 110 cm³/mol. The standard InChI is InChI=1S/C19H16N2O6S2/c1-20(9-15(24)11-4-5-13(22)14(23)7-11)17(25)10-21-18(26)16(29-19(21)28)8-12-3-2-6-27-12/h2-8,22-23H,9-10H2,1H3. The summed E-state index contributed by atoms with van der Waals surface area (Å²) in [4.78, 5) is 40.0. The minimum Gasteiger partial charge on any atom is -0.504 e. The zero-order valence-corrected chi connectivity index (χ0v) is 16.8. The summed E-state index contributed by atoms with van der Waals surface area (Å²) in [7, 11) is 1.43. The number of carbonyl (C=O) groups is 3. The second kappa shape index (κ2) is 8.50. The van der Waals surface area contributed by atoms with Crippen molar-refractivity contribution in [2.24, 2.45) is 0 Å². The molecule has 0 bridgehead atoms. The fourth-order valence-corrected chi connectivity index (χ4v) is 3.72.